The number of aromatic nitrogens is 4. The minimum atomic E-state index is -0.407. The molecule has 0 aliphatic carbocycles. The molecule has 1 amide bonds. The molecule has 2 N–H and O–H groups in total. The van der Waals surface area contributed by atoms with Crippen molar-refractivity contribution in [2.45, 2.75) is 20.5 Å². The van der Waals surface area contributed by atoms with Crippen LogP contribution in [0.2, 0.25) is 0 Å². The molecule has 0 aromatic carbocycles. The van der Waals surface area contributed by atoms with Gasteiger partial charge in [0.2, 0.25) is 0 Å². The van der Waals surface area contributed by atoms with Crippen molar-refractivity contribution in [2.24, 2.45) is 0 Å². The van der Waals surface area contributed by atoms with Gasteiger partial charge in [-0.1, -0.05) is 6.07 Å². The van der Waals surface area contributed by atoms with Gasteiger partial charge in [-0.2, -0.15) is 0 Å². The van der Waals surface area contributed by atoms with E-state index >= 15 is 0 Å². The Morgan fingerprint density at radius 1 is 1.19 bits per heavy atom. The summed E-state index contributed by atoms with van der Waals surface area (Å²) in [6.45, 7) is 3.17. The zero-order chi connectivity index (χ0) is 19.2. The van der Waals surface area contributed by atoms with Crippen LogP contribution < -0.4 is 10.6 Å². The number of nitrogens with one attached hydrogen (secondary N) is 2. The Morgan fingerprint density at radius 3 is 2.70 bits per heavy atom. The Labute approximate surface area is 158 Å². The summed E-state index contributed by atoms with van der Waals surface area (Å²) in [6.07, 6.45) is 4.62. The third-order valence-electron chi connectivity index (χ3n) is 3.24. The molecule has 0 aliphatic heterocycles. The minimum absolute atomic E-state index is 0.0374. The van der Waals surface area contributed by atoms with Crippen LogP contribution in [0.3, 0.4) is 0 Å². The number of carbonyl (C=O) groups excluding carboxylic acids is 2. The van der Waals surface area contributed by atoms with Gasteiger partial charge in [0.05, 0.1) is 28.8 Å². The second-order valence-corrected chi connectivity index (χ2v) is 6.61. The minimum Gasteiger partial charge on any atom is -0.459 e. The number of aryl methyl sites for hydroxylation is 1. The fraction of sp³-hybridized carbons (Fsp3) is 0.176. The largest absolute Gasteiger partial charge is 0.459 e. The van der Waals surface area contributed by atoms with Crippen LogP contribution in [0.4, 0.5) is 16.5 Å². The fourth-order valence-corrected chi connectivity index (χ4v) is 2.98. The molecule has 138 valence electrons. The molecule has 0 aliphatic rings. The molecule has 3 heterocycles. The molecule has 3 rings (SSSR count). The van der Waals surface area contributed by atoms with Gasteiger partial charge in [-0.15, -0.1) is 11.3 Å². The van der Waals surface area contributed by atoms with Gasteiger partial charge in [0.15, 0.2) is 5.69 Å². The van der Waals surface area contributed by atoms with Gasteiger partial charge in [0.1, 0.15) is 23.8 Å². The van der Waals surface area contributed by atoms with E-state index in [0.29, 0.717) is 22.2 Å². The van der Waals surface area contributed by atoms with E-state index in [1.54, 1.807) is 30.6 Å². The van der Waals surface area contributed by atoms with E-state index in [2.05, 4.69) is 30.6 Å². The molecule has 0 unspecified atom stereocenters. The van der Waals surface area contributed by atoms with Gasteiger partial charge in [0.25, 0.3) is 5.91 Å². The first-order valence-electron chi connectivity index (χ1n) is 7.91. The van der Waals surface area contributed by atoms with Crippen LogP contribution in [-0.2, 0) is 16.1 Å². The maximum Gasteiger partial charge on any atom is 0.303 e. The lowest BCUT2D eigenvalue weighted by atomic mass is 10.3. The first-order valence-corrected chi connectivity index (χ1v) is 8.73. The van der Waals surface area contributed by atoms with Crippen molar-refractivity contribution < 1.29 is 14.3 Å². The zero-order valence-corrected chi connectivity index (χ0v) is 15.4. The average molecular weight is 384 g/mol. The molecular formula is C17H16N6O3S. The van der Waals surface area contributed by atoms with Crippen molar-refractivity contribution in [1.29, 1.82) is 0 Å². The number of nitrogens with zero attached hydrogens (tertiary/aromatic N) is 4. The molecule has 0 atom stereocenters. The van der Waals surface area contributed by atoms with E-state index in [0.717, 1.165) is 5.01 Å². The summed E-state index contributed by atoms with van der Waals surface area (Å²) in [6, 6.07) is 5.06. The maximum atomic E-state index is 12.7. The molecule has 0 spiro atoms. The molecule has 0 saturated heterocycles. The van der Waals surface area contributed by atoms with Crippen LogP contribution in [0.1, 0.15) is 28.1 Å². The first kappa shape index (κ1) is 18.4. The van der Waals surface area contributed by atoms with Gasteiger partial charge in [-0.05, 0) is 19.1 Å². The zero-order valence-electron chi connectivity index (χ0n) is 14.6. The molecule has 3 aromatic rings. The topological polar surface area (TPSA) is 119 Å². The second kappa shape index (κ2) is 8.32. The van der Waals surface area contributed by atoms with Crippen LogP contribution in [0, 0.1) is 6.92 Å². The molecule has 0 fully saturated rings. The number of esters is 1. The highest BCUT2D eigenvalue weighted by atomic mass is 32.1. The molecule has 9 nitrogen and oxygen atoms in total. The van der Waals surface area contributed by atoms with E-state index in [9.17, 15) is 9.59 Å². The highest BCUT2D eigenvalue weighted by Gasteiger charge is 2.18. The van der Waals surface area contributed by atoms with Gasteiger partial charge in [0, 0.05) is 6.92 Å². The number of anilines is 3. The number of amides is 1. The lowest BCUT2D eigenvalue weighted by molar-refractivity contribution is -0.142. The summed E-state index contributed by atoms with van der Waals surface area (Å²) in [5, 5.41) is 7.12. The number of rotatable bonds is 6. The van der Waals surface area contributed by atoms with E-state index in [4.69, 9.17) is 4.74 Å². The third kappa shape index (κ3) is 5.05. The standard InChI is InChI=1S/C17H16N6O3S/c1-10-20-15(17(27-10)22-13-6-18-9-19-7-13)16(25)23-14-5-3-4-12(21-14)8-26-11(2)24/h3-7,9,22H,8H2,1-2H3,(H,21,23,25). The summed E-state index contributed by atoms with van der Waals surface area (Å²) < 4.78 is 4.91. The molecule has 0 radical (unpaired) electrons. The second-order valence-electron chi connectivity index (χ2n) is 5.41. The Balaban J connectivity index is 1.75. The summed E-state index contributed by atoms with van der Waals surface area (Å²) in [5.41, 5.74) is 1.42. The predicted octanol–water partition coefficient (Wildman–Crippen LogP) is 2.70. The van der Waals surface area contributed by atoms with Crippen molar-refractivity contribution >= 4 is 39.7 Å². The van der Waals surface area contributed by atoms with Crippen LogP contribution in [-0.4, -0.2) is 31.8 Å². The molecule has 27 heavy (non-hydrogen) atoms. The number of carbonyl (C=O) groups is 2. The fourth-order valence-electron chi connectivity index (χ4n) is 2.14. The number of hydrogen-bond donors (Lipinski definition) is 2. The lowest BCUT2D eigenvalue weighted by Crippen LogP contribution is -2.15. The van der Waals surface area contributed by atoms with Gasteiger partial charge < -0.3 is 15.4 Å². The SMILES string of the molecule is CC(=O)OCc1cccc(NC(=O)c2nc(C)sc2Nc2cncnc2)n1. The van der Waals surface area contributed by atoms with Crippen LogP contribution in [0.25, 0.3) is 0 Å². The van der Waals surface area contributed by atoms with Crippen LogP contribution >= 0.6 is 11.3 Å². The first-order chi connectivity index (χ1) is 13.0. The Morgan fingerprint density at radius 2 is 1.96 bits per heavy atom. The molecule has 0 saturated carbocycles. The maximum absolute atomic E-state index is 12.7. The summed E-state index contributed by atoms with van der Waals surface area (Å²) >= 11 is 1.35. The monoisotopic (exact) mass is 384 g/mol. The number of thiazole rings is 1. The predicted molar refractivity (Wildman–Crippen MR) is 99.8 cm³/mol. The van der Waals surface area contributed by atoms with E-state index < -0.39 is 11.9 Å². The lowest BCUT2D eigenvalue weighted by Gasteiger charge is -2.08. The number of pyridine rings is 1. The van der Waals surface area contributed by atoms with Crippen molar-refractivity contribution in [3.05, 3.63) is 53.3 Å². The summed E-state index contributed by atoms with van der Waals surface area (Å²) in [4.78, 5) is 40.0. The van der Waals surface area contributed by atoms with Crippen molar-refractivity contribution in [1.82, 2.24) is 19.9 Å². The van der Waals surface area contributed by atoms with Crippen LogP contribution in [0.5, 0.6) is 0 Å². The normalized spacial score (nSPS) is 10.3. The molecular weight excluding hydrogens is 368 g/mol. The summed E-state index contributed by atoms with van der Waals surface area (Å²) in [7, 11) is 0. The van der Waals surface area contributed by atoms with E-state index in [1.165, 1.54) is 24.6 Å². The smallest absolute Gasteiger partial charge is 0.303 e. The Kier molecular flexibility index (Phi) is 5.67. The Bertz CT molecular complexity index is 960. The average Bonchev–Trinajstić information content (AvgIpc) is 3.01. The van der Waals surface area contributed by atoms with Gasteiger partial charge >= 0.3 is 5.97 Å². The quantitative estimate of drug-likeness (QED) is 0.623. The van der Waals surface area contributed by atoms with E-state index in [1.807, 2.05) is 6.92 Å². The van der Waals surface area contributed by atoms with Crippen LogP contribution in [0.15, 0.2) is 36.9 Å². The highest BCUT2D eigenvalue weighted by Crippen LogP contribution is 2.27. The van der Waals surface area contributed by atoms with E-state index in [-0.39, 0.29) is 12.3 Å². The summed E-state index contributed by atoms with van der Waals surface area (Å²) in [5.74, 6) is -0.468. The van der Waals surface area contributed by atoms with Crippen molar-refractivity contribution in [3.8, 4) is 0 Å². The van der Waals surface area contributed by atoms with Gasteiger partial charge in [-0.25, -0.2) is 19.9 Å². The Hall–Kier alpha value is -3.40. The number of hydrogen-bond acceptors (Lipinski definition) is 9. The highest BCUT2D eigenvalue weighted by molar-refractivity contribution is 7.16. The third-order valence-corrected chi connectivity index (χ3v) is 4.13. The van der Waals surface area contributed by atoms with Crippen molar-refractivity contribution in [2.75, 3.05) is 10.6 Å². The molecule has 3 aromatic heterocycles. The molecule has 10 heteroatoms. The molecule has 0 bridgehead atoms. The van der Waals surface area contributed by atoms with Gasteiger partial charge in [-0.3, -0.25) is 9.59 Å². The number of ether oxygens (including phenoxy) is 1. The van der Waals surface area contributed by atoms with Crippen molar-refractivity contribution in [3.63, 3.8) is 0 Å².